The van der Waals surface area contributed by atoms with E-state index in [9.17, 15) is 9.59 Å². The summed E-state index contributed by atoms with van der Waals surface area (Å²) in [6.07, 6.45) is 2.51. The van der Waals surface area contributed by atoms with Crippen LogP contribution in [0, 0.1) is 12.8 Å². The third-order valence-electron chi connectivity index (χ3n) is 6.01. The molecular formula is C24H30N4O2. The molecule has 1 aromatic carbocycles. The summed E-state index contributed by atoms with van der Waals surface area (Å²) in [6.45, 7) is 8.29. The maximum absolute atomic E-state index is 12.7. The number of hydrogen-bond donors (Lipinski definition) is 0. The highest BCUT2D eigenvalue weighted by Crippen LogP contribution is 2.32. The van der Waals surface area contributed by atoms with E-state index in [2.05, 4.69) is 13.8 Å². The molecule has 6 heteroatoms. The SMILES string of the molecule is Cc1nc([C@H]2CCN(C(=O)Cc3ccccc3)C2)nc2c1CCC(=O)N2CC(C)C. The molecule has 2 aromatic rings. The Labute approximate surface area is 178 Å². The van der Waals surface area contributed by atoms with Crippen molar-refractivity contribution in [3.05, 3.63) is 53.0 Å². The minimum atomic E-state index is 0.117. The van der Waals surface area contributed by atoms with Crippen molar-refractivity contribution in [2.75, 3.05) is 24.5 Å². The lowest BCUT2D eigenvalue weighted by Crippen LogP contribution is -2.39. The molecule has 2 aliphatic heterocycles. The van der Waals surface area contributed by atoms with Crippen LogP contribution in [0.15, 0.2) is 30.3 Å². The summed E-state index contributed by atoms with van der Waals surface area (Å²) in [5.74, 6) is 2.34. The summed E-state index contributed by atoms with van der Waals surface area (Å²) in [5, 5.41) is 0. The van der Waals surface area contributed by atoms with Crippen molar-refractivity contribution in [3.8, 4) is 0 Å². The number of anilines is 1. The van der Waals surface area contributed by atoms with Gasteiger partial charge in [0.1, 0.15) is 11.6 Å². The van der Waals surface area contributed by atoms with E-state index in [0.717, 1.165) is 41.4 Å². The first kappa shape index (κ1) is 20.5. The van der Waals surface area contributed by atoms with E-state index in [1.807, 2.05) is 47.1 Å². The maximum Gasteiger partial charge on any atom is 0.228 e. The fourth-order valence-electron chi connectivity index (χ4n) is 4.42. The van der Waals surface area contributed by atoms with Crippen LogP contribution in [0.5, 0.6) is 0 Å². The molecule has 3 heterocycles. The molecule has 0 radical (unpaired) electrons. The van der Waals surface area contributed by atoms with Gasteiger partial charge < -0.3 is 4.90 Å². The average Bonchev–Trinajstić information content (AvgIpc) is 3.21. The highest BCUT2D eigenvalue weighted by atomic mass is 16.2. The summed E-state index contributed by atoms with van der Waals surface area (Å²) in [6, 6.07) is 9.86. The number of carbonyl (C=O) groups is 2. The van der Waals surface area contributed by atoms with Gasteiger partial charge in [-0.1, -0.05) is 44.2 Å². The van der Waals surface area contributed by atoms with Crippen LogP contribution in [0.2, 0.25) is 0 Å². The standard InChI is InChI=1S/C24H30N4O2/c1-16(2)14-28-21(29)10-9-20-17(3)25-23(26-24(20)28)19-11-12-27(15-19)22(30)13-18-7-5-4-6-8-18/h4-8,16,19H,9-15H2,1-3H3/t19-/m0/s1. The maximum atomic E-state index is 12.7. The highest BCUT2D eigenvalue weighted by Gasteiger charge is 2.33. The van der Waals surface area contributed by atoms with E-state index in [-0.39, 0.29) is 17.7 Å². The van der Waals surface area contributed by atoms with Crippen LogP contribution in [-0.4, -0.2) is 46.3 Å². The molecule has 2 amide bonds. The fourth-order valence-corrected chi connectivity index (χ4v) is 4.42. The molecule has 0 aliphatic carbocycles. The Morgan fingerprint density at radius 1 is 1.17 bits per heavy atom. The van der Waals surface area contributed by atoms with Gasteiger partial charge in [0.2, 0.25) is 11.8 Å². The monoisotopic (exact) mass is 406 g/mol. The number of nitrogens with zero attached hydrogens (tertiary/aromatic N) is 4. The lowest BCUT2D eigenvalue weighted by atomic mass is 10.0. The Kier molecular flexibility index (Phi) is 5.84. The molecule has 158 valence electrons. The van der Waals surface area contributed by atoms with Crippen LogP contribution >= 0.6 is 0 Å². The first-order valence-electron chi connectivity index (χ1n) is 10.9. The number of aryl methyl sites for hydroxylation is 1. The fraction of sp³-hybridized carbons (Fsp3) is 0.500. The molecule has 1 atom stereocenters. The number of benzene rings is 1. The first-order valence-corrected chi connectivity index (χ1v) is 10.9. The van der Waals surface area contributed by atoms with Crippen molar-refractivity contribution >= 4 is 17.6 Å². The predicted octanol–water partition coefficient (Wildman–Crippen LogP) is 3.28. The molecule has 30 heavy (non-hydrogen) atoms. The van der Waals surface area contributed by atoms with Crippen LogP contribution in [0.1, 0.15) is 55.3 Å². The van der Waals surface area contributed by atoms with Crippen LogP contribution in [0.4, 0.5) is 5.82 Å². The number of aromatic nitrogens is 2. The number of rotatable bonds is 5. The van der Waals surface area contributed by atoms with Gasteiger partial charge in [-0.2, -0.15) is 0 Å². The van der Waals surface area contributed by atoms with E-state index in [0.29, 0.717) is 38.3 Å². The minimum Gasteiger partial charge on any atom is -0.342 e. The number of carbonyl (C=O) groups excluding carboxylic acids is 2. The second-order valence-electron chi connectivity index (χ2n) is 8.86. The molecule has 1 saturated heterocycles. The van der Waals surface area contributed by atoms with Crippen LogP contribution < -0.4 is 4.90 Å². The Morgan fingerprint density at radius 2 is 1.93 bits per heavy atom. The summed E-state index contributed by atoms with van der Waals surface area (Å²) >= 11 is 0. The van der Waals surface area contributed by atoms with Crippen LogP contribution in [0.25, 0.3) is 0 Å². The van der Waals surface area contributed by atoms with Gasteiger partial charge in [-0.3, -0.25) is 14.5 Å². The molecule has 0 N–H and O–H groups in total. The largest absolute Gasteiger partial charge is 0.342 e. The quantitative estimate of drug-likeness (QED) is 0.764. The molecule has 6 nitrogen and oxygen atoms in total. The summed E-state index contributed by atoms with van der Waals surface area (Å²) in [4.78, 5) is 38.7. The van der Waals surface area contributed by atoms with Crippen LogP contribution in [0.3, 0.4) is 0 Å². The Hall–Kier alpha value is -2.76. The van der Waals surface area contributed by atoms with Gasteiger partial charge in [-0.15, -0.1) is 0 Å². The molecule has 0 bridgehead atoms. The number of fused-ring (bicyclic) bond motifs is 1. The topological polar surface area (TPSA) is 66.4 Å². The highest BCUT2D eigenvalue weighted by molar-refractivity contribution is 5.95. The Bertz CT molecular complexity index is 942. The zero-order valence-corrected chi connectivity index (χ0v) is 18.1. The van der Waals surface area contributed by atoms with Crippen LogP contribution in [-0.2, 0) is 22.4 Å². The molecule has 0 spiro atoms. The van der Waals surface area contributed by atoms with Gasteiger partial charge in [0.25, 0.3) is 0 Å². The molecular weight excluding hydrogens is 376 g/mol. The van der Waals surface area contributed by atoms with Gasteiger partial charge in [0.15, 0.2) is 0 Å². The van der Waals surface area contributed by atoms with Gasteiger partial charge in [-0.25, -0.2) is 9.97 Å². The first-order chi connectivity index (χ1) is 14.4. The molecule has 2 aliphatic rings. The van der Waals surface area contributed by atoms with E-state index < -0.39 is 0 Å². The average molecular weight is 407 g/mol. The van der Waals surface area contributed by atoms with Crippen molar-refractivity contribution in [1.82, 2.24) is 14.9 Å². The van der Waals surface area contributed by atoms with Crippen molar-refractivity contribution < 1.29 is 9.59 Å². The number of likely N-dealkylation sites (tertiary alicyclic amines) is 1. The summed E-state index contributed by atoms with van der Waals surface area (Å²) in [5.41, 5.74) is 3.09. The third-order valence-corrected chi connectivity index (χ3v) is 6.01. The molecule has 4 rings (SSSR count). The van der Waals surface area contributed by atoms with Crippen molar-refractivity contribution in [1.29, 1.82) is 0 Å². The van der Waals surface area contributed by atoms with E-state index in [4.69, 9.17) is 9.97 Å². The second-order valence-corrected chi connectivity index (χ2v) is 8.86. The molecule has 1 fully saturated rings. The Morgan fingerprint density at radius 3 is 2.67 bits per heavy atom. The Balaban J connectivity index is 1.52. The predicted molar refractivity (Wildman–Crippen MR) is 116 cm³/mol. The van der Waals surface area contributed by atoms with Crippen molar-refractivity contribution in [2.45, 2.75) is 52.4 Å². The molecule has 0 unspecified atom stereocenters. The van der Waals surface area contributed by atoms with Crippen molar-refractivity contribution in [3.63, 3.8) is 0 Å². The van der Waals surface area contributed by atoms with E-state index >= 15 is 0 Å². The van der Waals surface area contributed by atoms with Crippen molar-refractivity contribution in [2.24, 2.45) is 5.92 Å². The minimum absolute atomic E-state index is 0.117. The van der Waals surface area contributed by atoms with E-state index in [1.54, 1.807) is 0 Å². The summed E-state index contributed by atoms with van der Waals surface area (Å²) in [7, 11) is 0. The van der Waals surface area contributed by atoms with Gasteiger partial charge in [-0.05, 0) is 31.2 Å². The third kappa shape index (κ3) is 4.23. The zero-order chi connectivity index (χ0) is 21.3. The number of amides is 2. The van der Waals surface area contributed by atoms with Gasteiger partial charge in [0.05, 0.1) is 6.42 Å². The second kappa shape index (κ2) is 8.54. The summed E-state index contributed by atoms with van der Waals surface area (Å²) < 4.78 is 0. The zero-order valence-electron chi connectivity index (χ0n) is 18.1. The number of hydrogen-bond acceptors (Lipinski definition) is 4. The van der Waals surface area contributed by atoms with Gasteiger partial charge in [0, 0.05) is 43.2 Å². The molecule has 0 saturated carbocycles. The normalized spacial score (nSPS) is 18.8. The van der Waals surface area contributed by atoms with E-state index in [1.165, 1.54) is 0 Å². The molecule has 1 aromatic heterocycles. The van der Waals surface area contributed by atoms with Gasteiger partial charge >= 0.3 is 0 Å². The lowest BCUT2D eigenvalue weighted by molar-refractivity contribution is -0.129. The smallest absolute Gasteiger partial charge is 0.228 e. The lowest BCUT2D eigenvalue weighted by Gasteiger charge is -2.31.